The Balaban J connectivity index is 2.34. The monoisotopic (exact) mass is 233 g/mol. The highest BCUT2D eigenvalue weighted by Gasteiger charge is 2.14. The first-order valence-corrected chi connectivity index (χ1v) is 5.76. The van der Waals surface area contributed by atoms with Crippen LogP contribution in [0.25, 0.3) is 0 Å². The van der Waals surface area contributed by atoms with Crippen LogP contribution in [-0.2, 0) is 4.74 Å². The van der Waals surface area contributed by atoms with E-state index in [1.807, 2.05) is 30.3 Å². The number of allylic oxidation sites excluding steroid dienone is 1. The van der Waals surface area contributed by atoms with Crippen LogP contribution in [-0.4, -0.2) is 11.9 Å². The van der Waals surface area contributed by atoms with Crippen molar-refractivity contribution in [2.24, 2.45) is 10.00 Å². The van der Waals surface area contributed by atoms with Crippen molar-refractivity contribution in [3.63, 3.8) is 0 Å². The Hall–Kier alpha value is -1.67. The molecule has 5 heteroatoms. The van der Waals surface area contributed by atoms with E-state index in [-0.39, 0.29) is 0 Å². The minimum Gasteiger partial charge on any atom is -0.612 e. The Morgan fingerprint density at radius 2 is 2.12 bits per heavy atom. The van der Waals surface area contributed by atoms with Gasteiger partial charge in [0.1, 0.15) is 5.70 Å². The third-order valence-electron chi connectivity index (χ3n) is 2.03. The molecule has 1 aromatic rings. The van der Waals surface area contributed by atoms with Gasteiger partial charge in [-0.15, -0.1) is 10.00 Å². The van der Waals surface area contributed by atoms with Gasteiger partial charge >= 0.3 is 0 Å². The van der Waals surface area contributed by atoms with Gasteiger partial charge in [0.15, 0.2) is 0 Å². The fraction of sp³-hybridized carbons (Fsp3) is 0.182. The van der Waals surface area contributed by atoms with E-state index < -0.39 is 5.95 Å². The van der Waals surface area contributed by atoms with Gasteiger partial charge < -0.3 is 9.84 Å². The van der Waals surface area contributed by atoms with Crippen LogP contribution >= 0.6 is 8.35 Å². The fourth-order valence-electron chi connectivity index (χ4n) is 1.33. The van der Waals surface area contributed by atoms with E-state index in [9.17, 15) is 5.11 Å². The van der Waals surface area contributed by atoms with Crippen LogP contribution < -0.4 is 5.11 Å². The van der Waals surface area contributed by atoms with E-state index in [1.54, 1.807) is 6.92 Å². The summed E-state index contributed by atoms with van der Waals surface area (Å²) in [6.45, 7) is 2.11. The lowest BCUT2D eigenvalue weighted by Gasteiger charge is -2.15. The van der Waals surface area contributed by atoms with Gasteiger partial charge in [0.05, 0.1) is 19.6 Å². The normalized spacial score (nSPS) is 18.2. The third kappa shape index (κ3) is 2.12. The minimum absolute atomic E-state index is 0.315. The molecule has 0 saturated heterocycles. The van der Waals surface area contributed by atoms with Crippen molar-refractivity contribution in [2.45, 2.75) is 6.92 Å². The first-order chi connectivity index (χ1) is 7.83. The highest BCUT2D eigenvalue weighted by atomic mass is 31.1. The summed E-state index contributed by atoms with van der Waals surface area (Å²) in [5.41, 5.74) is 1.27. The van der Waals surface area contributed by atoms with Crippen molar-refractivity contribution in [3.8, 4) is 0 Å². The molecule has 1 aliphatic heterocycles. The van der Waals surface area contributed by atoms with Gasteiger partial charge in [0.25, 0.3) is 0 Å². The van der Waals surface area contributed by atoms with Crippen LogP contribution in [0, 0.1) is 0 Å². The number of rotatable bonds is 3. The SMILES string of the molecule is CCOC([O-])=C1N=NP=C1c1ccccc1. The van der Waals surface area contributed by atoms with Crippen molar-refractivity contribution >= 4 is 13.6 Å². The summed E-state index contributed by atoms with van der Waals surface area (Å²) in [7, 11) is 0.693. The maximum atomic E-state index is 11.6. The summed E-state index contributed by atoms with van der Waals surface area (Å²) in [5, 5.41) is 16.2. The van der Waals surface area contributed by atoms with E-state index in [0.717, 1.165) is 10.9 Å². The molecule has 2 rings (SSSR count). The molecular formula is C11H10N2O2P-. The van der Waals surface area contributed by atoms with Crippen LogP contribution in [0.4, 0.5) is 0 Å². The summed E-state index contributed by atoms with van der Waals surface area (Å²) >= 11 is 0. The molecule has 0 saturated carbocycles. The highest BCUT2D eigenvalue weighted by molar-refractivity contribution is 7.41. The molecule has 0 spiro atoms. The van der Waals surface area contributed by atoms with E-state index in [4.69, 9.17) is 4.74 Å². The van der Waals surface area contributed by atoms with Crippen LogP contribution in [0.15, 0.2) is 52.0 Å². The number of hydrogen-bond donors (Lipinski definition) is 0. The molecule has 0 unspecified atom stereocenters. The first-order valence-electron chi connectivity index (χ1n) is 4.91. The molecular weight excluding hydrogens is 223 g/mol. The quantitative estimate of drug-likeness (QED) is 0.593. The van der Waals surface area contributed by atoms with Crippen LogP contribution in [0.1, 0.15) is 12.5 Å². The Morgan fingerprint density at radius 3 is 2.81 bits per heavy atom. The van der Waals surface area contributed by atoms with Crippen molar-refractivity contribution in [1.29, 1.82) is 0 Å². The number of nitrogens with zero attached hydrogens (tertiary/aromatic N) is 2. The Morgan fingerprint density at radius 1 is 1.38 bits per heavy atom. The minimum atomic E-state index is -0.407. The van der Waals surface area contributed by atoms with Crippen molar-refractivity contribution in [3.05, 3.63) is 47.5 Å². The molecule has 1 aliphatic rings. The zero-order valence-corrected chi connectivity index (χ0v) is 9.65. The van der Waals surface area contributed by atoms with E-state index in [1.165, 1.54) is 0 Å². The molecule has 16 heavy (non-hydrogen) atoms. The molecule has 4 nitrogen and oxygen atoms in total. The van der Waals surface area contributed by atoms with E-state index in [2.05, 4.69) is 10.00 Å². The fourth-order valence-corrected chi connectivity index (χ4v) is 2.05. The molecule has 82 valence electrons. The van der Waals surface area contributed by atoms with Crippen LogP contribution in [0.5, 0.6) is 0 Å². The lowest BCUT2D eigenvalue weighted by molar-refractivity contribution is -0.357. The second-order valence-electron chi connectivity index (χ2n) is 3.07. The summed E-state index contributed by atoms with van der Waals surface area (Å²) in [5.74, 6) is -0.407. The molecule has 0 atom stereocenters. The Bertz CT molecular complexity index is 466. The Labute approximate surface area is 95.1 Å². The summed E-state index contributed by atoms with van der Waals surface area (Å²) in [6, 6.07) is 9.61. The van der Waals surface area contributed by atoms with Crippen molar-refractivity contribution in [1.82, 2.24) is 0 Å². The van der Waals surface area contributed by atoms with Gasteiger partial charge in [-0.2, -0.15) is 0 Å². The highest BCUT2D eigenvalue weighted by Crippen LogP contribution is 2.27. The lowest BCUT2D eigenvalue weighted by Crippen LogP contribution is -2.14. The molecule has 0 fully saturated rings. The van der Waals surface area contributed by atoms with Gasteiger partial charge in [-0.25, -0.2) is 0 Å². The Kier molecular flexibility index (Phi) is 3.32. The maximum Gasteiger partial charge on any atom is 0.122 e. The molecule has 1 aromatic carbocycles. The van der Waals surface area contributed by atoms with Gasteiger partial charge in [-0.1, -0.05) is 37.3 Å². The zero-order chi connectivity index (χ0) is 11.4. The second-order valence-corrected chi connectivity index (χ2v) is 3.90. The molecule has 0 radical (unpaired) electrons. The lowest BCUT2D eigenvalue weighted by atomic mass is 10.1. The average molecular weight is 233 g/mol. The summed E-state index contributed by atoms with van der Waals surface area (Å²) in [4.78, 5) is 3.85. The zero-order valence-electron chi connectivity index (χ0n) is 8.75. The molecule has 0 aliphatic carbocycles. The first kappa shape index (κ1) is 10.8. The second kappa shape index (κ2) is 4.90. The van der Waals surface area contributed by atoms with Crippen LogP contribution in [0.2, 0.25) is 0 Å². The number of hydrogen-bond acceptors (Lipinski definition) is 4. The van der Waals surface area contributed by atoms with Gasteiger partial charge in [0, 0.05) is 0 Å². The standard InChI is InChI=1S/C11H11N2O2P/c1-2-15-11(14)9-10(16-13-12-9)8-6-4-3-5-7-8/h3-7,14H,2H2,1H3/p-1. The van der Waals surface area contributed by atoms with Crippen molar-refractivity contribution in [2.75, 3.05) is 6.61 Å². The molecule has 0 bridgehead atoms. The van der Waals surface area contributed by atoms with Crippen LogP contribution in [0.3, 0.4) is 0 Å². The van der Waals surface area contributed by atoms with Crippen molar-refractivity contribution < 1.29 is 9.84 Å². The van der Waals surface area contributed by atoms with Gasteiger partial charge in [-0.3, -0.25) is 0 Å². The predicted octanol–water partition coefficient (Wildman–Crippen LogP) is 2.10. The average Bonchev–Trinajstić information content (AvgIpc) is 2.79. The van der Waals surface area contributed by atoms with Gasteiger partial charge in [-0.05, 0) is 12.2 Å². The summed E-state index contributed by atoms with van der Waals surface area (Å²) in [6.07, 6.45) is 0. The number of ether oxygens (including phenoxy) is 1. The number of benzene rings is 1. The smallest absolute Gasteiger partial charge is 0.122 e. The summed E-state index contributed by atoms with van der Waals surface area (Å²) < 4.78 is 4.92. The van der Waals surface area contributed by atoms with E-state index >= 15 is 0 Å². The maximum absolute atomic E-state index is 11.6. The molecule has 0 N–H and O–H groups in total. The van der Waals surface area contributed by atoms with E-state index in [0.29, 0.717) is 20.7 Å². The third-order valence-corrected chi connectivity index (χ3v) is 2.88. The predicted molar refractivity (Wildman–Crippen MR) is 61.0 cm³/mol. The molecule has 1 heterocycles. The van der Waals surface area contributed by atoms with Gasteiger partial charge in [0.2, 0.25) is 0 Å². The largest absolute Gasteiger partial charge is 0.612 e. The topological polar surface area (TPSA) is 57.0 Å². The molecule has 0 amide bonds. The molecule has 0 aromatic heterocycles.